The Kier molecular flexibility index (Phi) is 3.47. The molecule has 0 atom stereocenters. The van der Waals surface area contributed by atoms with Gasteiger partial charge in [0.15, 0.2) is 5.75 Å². The average molecular weight is 500 g/mol. The molecule has 2 aromatic carbocycles. The van der Waals surface area contributed by atoms with Gasteiger partial charge in [0.1, 0.15) is 0 Å². The second-order valence-corrected chi connectivity index (χ2v) is 6.79. The van der Waals surface area contributed by atoms with Crippen LogP contribution >= 0.6 is 63.7 Å². The molecule has 0 saturated heterocycles. The van der Waals surface area contributed by atoms with E-state index in [1.165, 1.54) is 0 Å². The highest BCUT2D eigenvalue weighted by molar-refractivity contribution is 9.15. The van der Waals surface area contributed by atoms with Crippen molar-refractivity contribution in [1.82, 2.24) is 0 Å². The number of para-hydroxylation sites is 1. The molecule has 0 bridgehead atoms. The van der Waals surface area contributed by atoms with Crippen molar-refractivity contribution in [3.8, 4) is 22.6 Å². The van der Waals surface area contributed by atoms with E-state index >= 15 is 0 Å². The van der Waals surface area contributed by atoms with Gasteiger partial charge < -0.3 is 0 Å². The van der Waals surface area contributed by atoms with E-state index in [-0.39, 0.29) is 0 Å². The van der Waals surface area contributed by atoms with E-state index in [2.05, 4.69) is 63.7 Å². The van der Waals surface area contributed by atoms with Crippen LogP contribution in [-0.4, -0.2) is 0 Å². The molecule has 92 valence electrons. The smallest absolute Gasteiger partial charge is 0.203 e. The van der Waals surface area contributed by atoms with Gasteiger partial charge in [-0.3, -0.25) is 9.78 Å². The first kappa shape index (κ1) is 13.0. The molecular formula is C12H4Br4O2. The fourth-order valence-electron chi connectivity index (χ4n) is 1.76. The summed E-state index contributed by atoms with van der Waals surface area (Å²) in [4.78, 5) is 10.7. The molecule has 0 aromatic heterocycles. The zero-order valence-corrected chi connectivity index (χ0v) is 15.0. The predicted molar refractivity (Wildman–Crippen MR) is 83.9 cm³/mol. The van der Waals surface area contributed by atoms with Gasteiger partial charge in [-0.25, -0.2) is 0 Å². The highest BCUT2D eigenvalue weighted by Crippen LogP contribution is 2.53. The minimum Gasteiger partial charge on any atom is -0.289 e. The highest BCUT2D eigenvalue weighted by atomic mass is 79.9. The average Bonchev–Trinajstić information content (AvgIpc) is 2.41. The summed E-state index contributed by atoms with van der Waals surface area (Å²) in [6.07, 6.45) is 0. The van der Waals surface area contributed by atoms with Gasteiger partial charge in [0.2, 0.25) is 5.75 Å². The maximum absolute atomic E-state index is 5.37. The number of halogens is 4. The molecule has 1 aliphatic heterocycles. The highest BCUT2D eigenvalue weighted by Gasteiger charge is 2.28. The minimum atomic E-state index is 0.649. The van der Waals surface area contributed by atoms with Crippen LogP contribution in [0, 0.1) is 0 Å². The molecule has 0 spiro atoms. The normalized spacial score (nSPS) is 12.2. The van der Waals surface area contributed by atoms with Gasteiger partial charge in [0.25, 0.3) is 0 Å². The van der Waals surface area contributed by atoms with Gasteiger partial charge in [0.05, 0.1) is 8.95 Å². The number of hydrogen-bond acceptors (Lipinski definition) is 2. The fraction of sp³-hybridized carbons (Fsp3) is 0. The number of hydrogen-bond donors (Lipinski definition) is 0. The summed E-state index contributed by atoms with van der Waals surface area (Å²) in [5, 5.41) is 0. The lowest BCUT2D eigenvalue weighted by molar-refractivity contribution is -0.103. The van der Waals surface area contributed by atoms with Crippen molar-refractivity contribution >= 4 is 63.7 Å². The summed E-state index contributed by atoms with van der Waals surface area (Å²) in [6, 6.07) is 7.74. The first-order valence-corrected chi connectivity index (χ1v) is 8.08. The van der Waals surface area contributed by atoms with Crippen LogP contribution in [0.5, 0.6) is 11.5 Å². The van der Waals surface area contributed by atoms with E-state index in [0.29, 0.717) is 11.5 Å². The van der Waals surface area contributed by atoms with Crippen molar-refractivity contribution in [2.24, 2.45) is 0 Å². The molecule has 0 unspecified atom stereocenters. The van der Waals surface area contributed by atoms with Gasteiger partial charge >= 0.3 is 0 Å². The zero-order chi connectivity index (χ0) is 12.9. The van der Waals surface area contributed by atoms with Crippen LogP contribution in [-0.2, 0) is 0 Å². The molecule has 2 nitrogen and oxygen atoms in total. The largest absolute Gasteiger partial charge is 0.289 e. The maximum Gasteiger partial charge on any atom is 0.203 e. The molecule has 0 radical (unpaired) electrons. The molecule has 3 rings (SSSR count). The molecule has 0 amide bonds. The SMILES string of the molecule is Brc1c(Br)c(Br)c2c(c1Br)OOc1ccccc1-2. The number of benzene rings is 2. The summed E-state index contributed by atoms with van der Waals surface area (Å²) in [5.41, 5.74) is 1.94. The molecule has 18 heavy (non-hydrogen) atoms. The molecular weight excluding hydrogens is 496 g/mol. The Labute approximate surface area is 137 Å². The van der Waals surface area contributed by atoms with E-state index < -0.39 is 0 Å². The first-order chi connectivity index (χ1) is 8.61. The molecule has 1 aliphatic rings. The van der Waals surface area contributed by atoms with Gasteiger partial charge in [-0.15, -0.1) is 0 Å². The molecule has 6 heteroatoms. The lowest BCUT2D eigenvalue weighted by Crippen LogP contribution is -2.09. The quantitative estimate of drug-likeness (QED) is 0.248. The van der Waals surface area contributed by atoms with Crippen LogP contribution in [0.3, 0.4) is 0 Å². The Hall–Kier alpha value is -0.0400. The monoisotopic (exact) mass is 496 g/mol. The Morgan fingerprint density at radius 2 is 1.39 bits per heavy atom. The second-order valence-electron chi connectivity index (χ2n) is 3.62. The van der Waals surface area contributed by atoms with Crippen LogP contribution < -0.4 is 9.78 Å². The van der Waals surface area contributed by atoms with Crippen molar-refractivity contribution in [1.29, 1.82) is 0 Å². The van der Waals surface area contributed by atoms with Gasteiger partial charge in [0, 0.05) is 20.1 Å². The minimum absolute atomic E-state index is 0.649. The summed E-state index contributed by atoms with van der Waals surface area (Å²) < 4.78 is 3.52. The van der Waals surface area contributed by atoms with E-state index in [0.717, 1.165) is 29.0 Å². The molecule has 0 N–H and O–H groups in total. The van der Waals surface area contributed by atoms with Gasteiger partial charge in [-0.2, -0.15) is 0 Å². The molecule has 1 heterocycles. The van der Waals surface area contributed by atoms with Crippen molar-refractivity contribution in [3.05, 3.63) is 42.2 Å². The predicted octanol–water partition coefficient (Wildman–Crippen LogP) is 6.09. The van der Waals surface area contributed by atoms with E-state index in [9.17, 15) is 0 Å². The van der Waals surface area contributed by atoms with E-state index in [1.54, 1.807) is 0 Å². The first-order valence-electron chi connectivity index (χ1n) is 4.91. The Balaban J connectivity index is 2.41. The van der Waals surface area contributed by atoms with Crippen LogP contribution in [0.1, 0.15) is 0 Å². The number of rotatable bonds is 0. The molecule has 0 fully saturated rings. The fourth-order valence-corrected chi connectivity index (χ4v) is 4.12. The standard InChI is InChI=1S/C12H4Br4O2/c13-8-7-5-3-1-2-4-6(5)17-18-12(7)11(16)10(15)9(8)14/h1-4H. The molecule has 2 aromatic rings. The van der Waals surface area contributed by atoms with Crippen molar-refractivity contribution in [3.63, 3.8) is 0 Å². The molecule has 0 aliphatic carbocycles. The Bertz CT molecular complexity index is 655. The summed E-state index contributed by atoms with van der Waals surface area (Å²) in [7, 11) is 0. The third-order valence-electron chi connectivity index (χ3n) is 2.60. The van der Waals surface area contributed by atoms with Crippen molar-refractivity contribution in [2.75, 3.05) is 0 Å². The van der Waals surface area contributed by atoms with Gasteiger partial charge in [-0.1, -0.05) is 18.2 Å². The van der Waals surface area contributed by atoms with Crippen LogP contribution in [0.25, 0.3) is 11.1 Å². The van der Waals surface area contributed by atoms with Crippen molar-refractivity contribution < 1.29 is 9.78 Å². The van der Waals surface area contributed by atoms with Crippen LogP contribution in [0.15, 0.2) is 42.2 Å². The summed E-state index contributed by atoms with van der Waals surface area (Å²) in [5.74, 6) is 1.35. The third-order valence-corrected chi connectivity index (χ3v) is 7.33. The van der Waals surface area contributed by atoms with Gasteiger partial charge in [-0.05, 0) is 69.8 Å². The van der Waals surface area contributed by atoms with Crippen LogP contribution in [0.4, 0.5) is 0 Å². The van der Waals surface area contributed by atoms with Crippen molar-refractivity contribution in [2.45, 2.75) is 0 Å². The van der Waals surface area contributed by atoms with E-state index in [1.807, 2.05) is 24.3 Å². The lowest BCUT2D eigenvalue weighted by Gasteiger charge is -2.22. The second kappa shape index (κ2) is 4.81. The topological polar surface area (TPSA) is 18.5 Å². The third kappa shape index (κ3) is 1.85. The summed E-state index contributed by atoms with van der Waals surface area (Å²) in [6.45, 7) is 0. The summed E-state index contributed by atoms with van der Waals surface area (Å²) >= 11 is 14.1. The maximum atomic E-state index is 5.37. The van der Waals surface area contributed by atoms with E-state index in [4.69, 9.17) is 9.78 Å². The molecule has 0 saturated carbocycles. The lowest BCUT2D eigenvalue weighted by atomic mass is 10.0. The number of fused-ring (bicyclic) bond motifs is 3. The van der Waals surface area contributed by atoms with Crippen LogP contribution in [0.2, 0.25) is 0 Å². The Morgan fingerprint density at radius 3 is 2.17 bits per heavy atom. The zero-order valence-electron chi connectivity index (χ0n) is 8.64. The Morgan fingerprint density at radius 1 is 0.722 bits per heavy atom.